The molecule has 0 bridgehead atoms. The van der Waals surface area contributed by atoms with Gasteiger partial charge in [-0.05, 0) is 34.5 Å². The number of hydrogen-bond acceptors (Lipinski definition) is 3. The molecule has 0 fully saturated rings. The third-order valence-electron chi connectivity index (χ3n) is 3.78. The minimum atomic E-state index is -0.111. The molecule has 0 radical (unpaired) electrons. The fourth-order valence-corrected chi connectivity index (χ4v) is 2.85. The van der Waals surface area contributed by atoms with Crippen molar-refractivity contribution in [2.75, 3.05) is 7.11 Å². The van der Waals surface area contributed by atoms with Gasteiger partial charge in [0.2, 0.25) is 0 Å². The average molecular weight is 336 g/mol. The Labute approximate surface area is 145 Å². The number of phenolic OH excluding ortho intramolecular Hbond substituents is 1. The van der Waals surface area contributed by atoms with E-state index in [1.165, 1.54) is 7.11 Å². The molecule has 3 nitrogen and oxygen atoms in total. The molecule has 0 spiro atoms. The molecule has 0 saturated carbocycles. The molecule has 3 aromatic carbocycles. The molecular formula is C20H14ClNO2. The number of methoxy groups -OCH3 is 1. The van der Waals surface area contributed by atoms with Crippen LogP contribution in [0.2, 0.25) is 5.02 Å². The van der Waals surface area contributed by atoms with Gasteiger partial charge >= 0.3 is 0 Å². The lowest BCUT2D eigenvalue weighted by atomic mass is 9.97. The summed E-state index contributed by atoms with van der Waals surface area (Å²) in [6.07, 6.45) is 1.73. The van der Waals surface area contributed by atoms with Crippen molar-refractivity contribution in [3.05, 3.63) is 70.7 Å². The summed E-state index contributed by atoms with van der Waals surface area (Å²) >= 11 is 6.02. The van der Waals surface area contributed by atoms with Gasteiger partial charge < -0.3 is 9.84 Å². The zero-order valence-electron chi connectivity index (χ0n) is 13.0. The number of ether oxygens (including phenoxy) is 1. The molecule has 1 N–H and O–H groups in total. The second-order valence-corrected chi connectivity index (χ2v) is 5.66. The van der Waals surface area contributed by atoms with Crippen LogP contribution < -0.4 is 4.74 Å². The van der Waals surface area contributed by atoms with Gasteiger partial charge in [0.15, 0.2) is 11.5 Å². The third-order valence-corrected chi connectivity index (χ3v) is 4.07. The van der Waals surface area contributed by atoms with Crippen LogP contribution in [0.25, 0.3) is 22.4 Å². The molecule has 0 saturated heterocycles. The van der Waals surface area contributed by atoms with Crippen molar-refractivity contribution in [1.82, 2.24) is 0 Å². The Morgan fingerprint density at radius 3 is 2.67 bits per heavy atom. The molecule has 4 heteroatoms. The Balaban J connectivity index is 2.17. The SMILES string of the molecule is COc1cc(/C=C(\C#N)c2cccc3ccccc23)cc(Cl)c1O. The van der Waals surface area contributed by atoms with Crippen LogP contribution in [0.3, 0.4) is 0 Å². The summed E-state index contributed by atoms with van der Waals surface area (Å²) in [7, 11) is 1.45. The van der Waals surface area contributed by atoms with Crippen molar-refractivity contribution >= 4 is 34.0 Å². The van der Waals surface area contributed by atoms with Crippen LogP contribution >= 0.6 is 11.6 Å². The molecule has 0 heterocycles. The molecule has 0 aliphatic rings. The topological polar surface area (TPSA) is 53.2 Å². The van der Waals surface area contributed by atoms with Gasteiger partial charge in [0, 0.05) is 5.56 Å². The minimum Gasteiger partial charge on any atom is -0.503 e. The summed E-state index contributed by atoms with van der Waals surface area (Å²) in [6.45, 7) is 0. The van der Waals surface area contributed by atoms with Gasteiger partial charge in [0.25, 0.3) is 0 Å². The van der Waals surface area contributed by atoms with E-state index in [2.05, 4.69) is 6.07 Å². The highest BCUT2D eigenvalue weighted by atomic mass is 35.5. The summed E-state index contributed by atoms with van der Waals surface area (Å²) in [5.41, 5.74) is 2.04. The molecule has 0 aromatic heterocycles. The van der Waals surface area contributed by atoms with Crippen LogP contribution in [0.4, 0.5) is 0 Å². The van der Waals surface area contributed by atoms with Crippen LogP contribution in [0, 0.1) is 11.3 Å². The van der Waals surface area contributed by atoms with Gasteiger partial charge in [-0.15, -0.1) is 0 Å². The molecule has 0 atom stereocenters. The minimum absolute atomic E-state index is 0.111. The maximum atomic E-state index is 9.83. The zero-order valence-corrected chi connectivity index (χ0v) is 13.7. The van der Waals surface area contributed by atoms with Crippen molar-refractivity contribution in [2.45, 2.75) is 0 Å². The number of nitrogens with zero attached hydrogens (tertiary/aromatic N) is 1. The van der Waals surface area contributed by atoms with Crippen molar-refractivity contribution in [3.63, 3.8) is 0 Å². The lowest BCUT2D eigenvalue weighted by molar-refractivity contribution is 0.373. The van der Waals surface area contributed by atoms with Crippen molar-refractivity contribution in [1.29, 1.82) is 5.26 Å². The number of aromatic hydroxyl groups is 1. The molecular weight excluding hydrogens is 322 g/mol. The Hall–Kier alpha value is -2.96. The average Bonchev–Trinajstić information content (AvgIpc) is 2.62. The van der Waals surface area contributed by atoms with Crippen LogP contribution in [-0.4, -0.2) is 12.2 Å². The first-order valence-corrected chi connectivity index (χ1v) is 7.68. The summed E-state index contributed by atoms with van der Waals surface area (Å²) in [6, 6.07) is 19.2. The first-order chi connectivity index (χ1) is 11.6. The molecule has 3 rings (SSSR count). The lowest BCUT2D eigenvalue weighted by Gasteiger charge is -2.08. The predicted molar refractivity (Wildman–Crippen MR) is 97.1 cm³/mol. The summed E-state index contributed by atoms with van der Waals surface area (Å²) in [5, 5.41) is 21.7. The van der Waals surface area contributed by atoms with Crippen LogP contribution in [-0.2, 0) is 0 Å². The predicted octanol–water partition coefficient (Wildman–Crippen LogP) is 5.27. The van der Waals surface area contributed by atoms with Gasteiger partial charge in [-0.25, -0.2) is 0 Å². The Kier molecular flexibility index (Phi) is 4.41. The van der Waals surface area contributed by atoms with E-state index >= 15 is 0 Å². The monoisotopic (exact) mass is 335 g/mol. The highest BCUT2D eigenvalue weighted by Gasteiger charge is 2.10. The van der Waals surface area contributed by atoms with Gasteiger partial charge in [0.1, 0.15) is 0 Å². The smallest absolute Gasteiger partial charge is 0.176 e. The van der Waals surface area contributed by atoms with Crippen molar-refractivity contribution in [3.8, 4) is 17.6 Å². The lowest BCUT2D eigenvalue weighted by Crippen LogP contribution is -1.88. The van der Waals surface area contributed by atoms with E-state index in [4.69, 9.17) is 16.3 Å². The van der Waals surface area contributed by atoms with E-state index < -0.39 is 0 Å². The van der Waals surface area contributed by atoms with Gasteiger partial charge in [0.05, 0.1) is 23.8 Å². The number of nitriles is 1. The number of hydrogen-bond donors (Lipinski definition) is 1. The van der Waals surface area contributed by atoms with E-state index in [-0.39, 0.29) is 16.5 Å². The second-order valence-electron chi connectivity index (χ2n) is 5.25. The van der Waals surface area contributed by atoms with Gasteiger partial charge in [-0.1, -0.05) is 54.1 Å². The maximum absolute atomic E-state index is 9.83. The highest BCUT2D eigenvalue weighted by Crippen LogP contribution is 2.36. The van der Waals surface area contributed by atoms with Crippen molar-refractivity contribution < 1.29 is 9.84 Å². The van der Waals surface area contributed by atoms with E-state index in [9.17, 15) is 10.4 Å². The summed E-state index contributed by atoms with van der Waals surface area (Å²) in [5.74, 6) is 0.156. The summed E-state index contributed by atoms with van der Waals surface area (Å²) in [4.78, 5) is 0. The van der Waals surface area contributed by atoms with Crippen molar-refractivity contribution in [2.24, 2.45) is 0 Å². The first kappa shape index (κ1) is 15.9. The number of halogens is 1. The largest absolute Gasteiger partial charge is 0.503 e. The quantitative estimate of drug-likeness (QED) is 0.524. The second kappa shape index (κ2) is 6.66. The van der Waals surface area contributed by atoms with Crippen LogP contribution in [0.1, 0.15) is 11.1 Å². The van der Waals surface area contributed by atoms with E-state index in [1.807, 2.05) is 42.5 Å². The van der Waals surface area contributed by atoms with E-state index in [1.54, 1.807) is 18.2 Å². The molecule has 0 unspecified atom stereocenters. The molecule has 0 aliphatic heterocycles. The normalized spacial score (nSPS) is 11.3. The maximum Gasteiger partial charge on any atom is 0.176 e. The molecule has 24 heavy (non-hydrogen) atoms. The number of benzene rings is 3. The van der Waals surface area contributed by atoms with Gasteiger partial charge in [-0.3, -0.25) is 0 Å². The number of rotatable bonds is 3. The fourth-order valence-electron chi connectivity index (χ4n) is 2.63. The Morgan fingerprint density at radius 2 is 1.92 bits per heavy atom. The zero-order chi connectivity index (χ0) is 17.1. The molecule has 0 aliphatic carbocycles. The molecule has 118 valence electrons. The fraction of sp³-hybridized carbons (Fsp3) is 0.0500. The third kappa shape index (κ3) is 2.92. The first-order valence-electron chi connectivity index (χ1n) is 7.30. The Bertz CT molecular complexity index is 981. The summed E-state index contributed by atoms with van der Waals surface area (Å²) < 4.78 is 5.11. The Morgan fingerprint density at radius 1 is 1.17 bits per heavy atom. The van der Waals surface area contributed by atoms with E-state index in [0.29, 0.717) is 11.1 Å². The van der Waals surface area contributed by atoms with E-state index in [0.717, 1.165) is 16.3 Å². The highest BCUT2D eigenvalue weighted by molar-refractivity contribution is 6.32. The number of fused-ring (bicyclic) bond motifs is 1. The standard InChI is InChI=1S/C20H14ClNO2/c1-24-19-11-13(10-18(21)20(19)23)9-15(12-22)17-8-4-6-14-5-2-3-7-16(14)17/h2-11,23H,1H3/b15-9+. The van der Waals surface area contributed by atoms with Gasteiger partial charge in [-0.2, -0.15) is 5.26 Å². The molecule has 3 aromatic rings. The number of allylic oxidation sites excluding steroid dienone is 1. The van der Waals surface area contributed by atoms with Crippen LogP contribution in [0.5, 0.6) is 11.5 Å². The number of phenols is 1. The van der Waals surface area contributed by atoms with Crippen LogP contribution in [0.15, 0.2) is 54.6 Å². The molecule has 0 amide bonds.